The lowest BCUT2D eigenvalue weighted by Gasteiger charge is -2.29. The number of nitrogens with zero attached hydrogens (tertiary/aromatic N) is 2. The summed E-state index contributed by atoms with van der Waals surface area (Å²) in [5.74, 6) is 0. The molecular formula is C18H28BN2P. The summed E-state index contributed by atoms with van der Waals surface area (Å²) in [6.45, 7) is 20.7. The van der Waals surface area contributed by atoms with Crippen LogP contribution in [0.2, 0.25) is 0 Å². The molecule has 2 radical (unpaired) electrons. The molecule has 1 atom stereocenters. The van der Waals surface area contributed by atoms with Crippen molar-refractivity contribution in [1.29, 1.82) is 0 Å². The van der Waals surface area contributed by atoms with Crippen molar-refractivity contribution in [3.05, 3.63) is 47.9 Å². The molecule has 0 aromatic heterocycles. The molecule has 1 aromatic carbocycles. The minimum absolute atomic E-state index is 0.0429. The molecular weight excluding hydrogens is 286 g/mol. The number of benzene rings is 1. The number of rotatable bonds is 4. The van der Waals surface area contributed by atoms with E-state index >= 15 is 0 Å². The van der Waals surface area contributed by atoms with Crippen LogP contribution in [0, 0.1) is 27.4 Å². The van der Waals surface area contributed by atoms with Crippen LogP contribution in [-0.2, 0) is 0 Å². The molecule has 1 heterocycles. The first-order valence-corrected chi connectivity index (χ1v) is 9.95. The van der Waals surface area contributed by atoms with Gasteiger partial charge in [-0.25, -0.2) is 0 Å². The SMILES string of the molecule is Cc1cc(C)c(N2[C]N(CBP(C)C(C)(C)C)C=C2)c(C)c1. The van der Waals surface area contributed by atoms with E-state index in [0.29, 0.717) is 5.16 Å². The summed E-state index contributed by atoms with van der Waals surface area (Å²) in [6.07, 6.45) is 5.32. The Morgan fingerprint density at radius 1 is 1.09 bits per heavy atom. The van der Waals surface area contributed by atoms with Crippen LogP contribution in [-0.4, -0.2) is 30.2 Å². The summed E-state index contributed by atoms with van der Waals surface area (Å²) in [6, 6.07) is 4.48. The number of hydrogen-bond acceptors (Lipinski definition) is 2. The summed E-state index contributed by atoms with van der Waals surface area (Å²) in [5.41, 5.74) is 5.20. The standard InChI is InChI=1S/C18H28BN2P/c1-14-10-15(2)17(16(3)11-14)21-9-8-20(13-21)12-19-22(7)18(4,5)6/h8-11,19H,12H2,1-7H3. The van der Waals surface area contributed by atoms with Crippen molar-refractivity contribution < 1.29 is 0 Å². The smallest absolute Gasteiger partial charge is 0.212 e. The Morgan fingerprint density at radius 3 is 2.23 bits per heavy atom. The largest absolute Gasteiger partial charge is 0.353 e. The fourth-order valence-corrected chi connectivity index (χ4v) is 3.93. The van der Waals surface area contributed by atoms with Gasteiger partial charge in [0.1, 0.15) is 0 Å². The highest BCUT2D eigenvalue weighted by atomic mass is 31.1. The highest BCUT2D eigenvalue weighted by Gasteiger charge is 2.23. The lowest BCUT2D eigenvalue weighted by Crippen LogP contribution is -2.26. The first-order valence-electron chi connectivity index (χ1n) is 7.98. The van der Waals surface area contributed by atoms with Crippen LogP contribution in [0.15, 0.2) is 24.5 Å². The zero-order chi connectivity index (χ0) is 16.5. The highest BCUT2D eigenvalue weighted by molar-refractivity contribution is 7.86. The fourth-order valence-electron chi connectivity index (χ4n) is 2.75. The van der Waals surface area contributed by atoms with Crippen LogP contribution >= 0.6 is 7.80 Å². The van der Waals surface area contributed by atoms with Crippen molar-refractivity contribution >= 4 is 20.5 Å². The van der Waals surface area contributed by atoms with Crippen molar-refractivity contribution in [2.45, 2.75) is 46.7 Å². The molecule has 2 nitrogen and oxygen atoms in total. The first-order chi connectivity index (χ1) is 10.2. The molecule has 1 aromatic rings. The normalized spacial score (nSPS) is 16.3. The van der Waals surface area contributed by atoms with Crippen LogP contribution in [0.3, 0.4) is 0 Å². The Kier molecular flexibility index (Phi) is 5.27. The van der Waals surface area contributed by atoms with E-state index < -0.39 is 0 Å². The van der Waals surface area contributed by atoms with Gasteiger partial charge in [0.05, 0.1) is 0 Å². The third-order valence-corrected chi connectivity index (χ3v) is 7.49. The van der Waals surface area contributed by atoms with E-state index in [1.807, 2.05) is 0 Å². The van der Waals surface area contributed by atoms with Crippen LogP contribution in [0.4, 0.5) is 5.69 Å². The topological polar surface area (TPSA) is 6.48 Å². The molecule has 4 heteroatoms. The maximum absolute atomic E-state index is 3.48. The predicted molar refractivity (Wildman–Crippen MR) is 102 cm³/mol. The zero-order valence-corrected chi connectivity index (χ0v) is 16.0. The summed E-state index contributed by atoms with van der Waals surface area (Å²) >= 11 is 0. The third-order valence-electron chi connectivity index (χ3n) is 4.33. The van der Waals surface area contributed by atoms with E-state index in [-0.39, 0.29) is 7.80 Å². The predicted octanol–water partition coefficient (Wildman–Crippen LogP) is 4.42. The van der Waals surface area contributed by atoms with Crippen LogP contribution in [0.5, 0.6) is 0 Å². The second-order valence-electron chi connectivity index (χ2n) is 7.30. The third kappa shape index (κ3) is 4.07. The summed E-state index contributed by atoms with van der Waals surface area (Å²) in [4.78, 5) is 4.34. The van der Waals surface area contributed by atoms with Crippen LogP contribution in [0.1, 0.15) is 37.5 Å². The number of hydrogen-bond donors (Lipinski definition) is 0. The van der Waals surface area contributed by atoms with Crippen LogP contribution in [0.25, 0.3) is 0 Å². The molecule has 0 aliphatic carbocycles. The van der Waals surface area contributed by atoms with Gasteiger partial charge in [-0.05, 0) is 43.5 Å². The molecule has 1 aliphatic heterocycles. The Labute approximate surface area is 138 Å². The van der Waals surface area contributed by atoms with Gasteiger partial charge in [-0.3, -0.25) is 0 Å². The summed E-state index contributed by atoms with van der Waals surface area (Å²) in [5, 5.41) is 0.433. The molecule has 0 saturated carbocycles. The van der Waals surface area contributed by atoms with Gasteiger partial charge < -0.3 is 9.80 Å². The Hall–Kier alpha value is -0.945. The van der Waals surface area contributed by atoms with Gasteiger partial charge in [-0.2, -0.15) is 0 Å². The molecule has 0 amide bonds. The van der Waals surface area contributed by atoms with Crippen molar-refractivity contribution in [2.24, 2.45) is 0 Å². The zero-order valence-electron chi connectivity index (χ0n) is 15.1. The van der Waals surface area contributed by atoms with Gasteiger partial charge in [0.25, 0.3) is 0 Å². The molecule has 0 saturated heterocycles. The van der Waals surface area contributed by atoms with Gasteiger partial charge in [0, 0.05) is 18.1 Å². The van der Waals surface area contributed by atoms with E-state index in [2.05, 4.69) is 89.2 Å². The van der Waals surface area contributed by atoms with E-state index in [1.54, 1.807) is 0 Å². The van der Waals surface area contributed by atoms with Crippen molar-refractivity contribution in [3.8, 4) is 0 Å². The summed E-state index contributed by atoms with van der Waals surface area (Å²) < 4.78 is 0. The molecule has 118 valence electrons. The monoisotopic (exact) mass is 314 g/mol. The van der Waals surface area contributed by atoms with Gasteiger partial charge in [-0.15, -0.1) is 7.80 Å². The van der Waals surface area contributed by atoms with E-state index in [0.717, 1.165) is 6.44 Å². The fraction of sp³-hybridized carbons (Fsp3) is 0.500. The summed E-state index contributed by atoms with van der Waals surface area (Å²) in [7, 11) is 0.0429. The van der Waals surface area contributed by atoms with E-state index in [1.165, 1.54) is 29.4 Å². The quantitative estimate of drug-likeness (QED) is 0.599. The minimum Gasteiger partial charge on any atom is -0.353 e. The van der Waals surface area contributed by atoms with E-state index in [4.69, 9.17) is 0 Å². The van der Waals surface area contributed by atoms with Gasteiger partial charge in [0.15, 0.2) is 7.00 Å². The number of aryl methyl sites for hydroxylation is 3. The highest BCUT2D eigenvalue weighted by Crippen LogP contribution is 2.44. The van der Waals surface area contributed by atoms with Crippen molar-refractivity contribution in [2.75, 3.05) is 18.0 Å². The second kappa shape index (κ2) is 6.66. The average molecular weight is 314 g/mol. The Bertz CT molecular complexity index is 540. The maximum Gasteiger partial charge on any atom is 0.212 e. The number of anilines is 1. The van der Waals surface area contributed by atoms with E-state index in [9.17, 15) is 0 Å². The molecule has 0 fully saturated rings. The lowest BCUT2D eigenvalue weighted by molar-refractivity contribution is 0.546. The molecule has 0 N–H and O–H groups in total. The Balaban J connectivity index is 1.98. The molecule has 2 rings (SSSR count). The van der Waals surface area contributed by atoms with Crippen molar-refractivity contribution in [3.63, 3.8) is 0 Å². The molecule has 1 unspecified atom stereocenters. The van der Waals surface area contributed by atoms with Crippen LogP contribution < -0.4 is 4.90 Å². The molecule has 22 heavy (non-hydrogen) atoms. The van der Waals surface area contributed by atoms with Gasteiger partial charge in [0.2, 0.25) is 6.67 Å². The molecule has 0 bridgehead atoms. The van der Waals surface area contributed by atoms with Gasteiger partial charge in [-0.1, -0.05) is 45.1 Å². The minimum atomic E-state index is 0.0429. The second-order valence-corrected chi connectivity index (χ2v) is 10.5. The van der Waals surface area contributed by atoms with Gasteiger partial charge >= 0.3 is 0 Å². The first kappa shape index (κ1) is 17.4. The Morgan fingerprint density at radius 2 is 1.68 bits per heavy atom. The molecule has 1 aliphatic rings. The van der Waals surface area contributed by atoms with Crippen molar-refractivity contribution in [1.82, 2.24) is 4.90 Å². The average Bonchev–Trinajstić information content (AvgIpc) is 2.82. The maximum atomic E-state index is 3.48. The molecule has 0 spiro atoms. The lowest BCUT2D eigenvalue weighted by atomic mass is 10.0.